The number of aliphatic hydroxyl groups excluding tert-OH is 3. The summed E-state index contributed by atoms with van der Waals surface area (Å²) in [6.07, 6.45) is -2.85. The number of halogens is 1. The number of imidazole rings is 1. The molecule has 8 nitrogen and oxygen atoms in total. The van der Waals surface area contributed by atoms with Crippen LogP contribution in [0.2, 0.25) is 5.15 Å². The average molecular weight is 319 g/mol. The molecule has 0 amide bonds. The number of nitrogens with zero attached hydrogens (tertiary/aromatic N) is 4. The molecule has 20 heavy (non-hydrogen) atoms. The molecular formula is C10H11ClN4O4S. The quantitative estimate of drug-likeness (QED) is 0.331. The number of ether oxygens (including phenoxy) is 1. The van der Waals surface area contributed by atoms with Crippen LogP contribution in [0.4, 0.5) is 0 Å². The number of aliphatic hydroxyl groups is 3. The van der Waals surface area contributed by atoms with E-state index in [2.05, 4.69) is 27.6 Å². The lowest BCUT2D eigenvalue weighted by molar-refractivity contribution is -0.0511. The summed E-state index contributed by atoms with van der Waals surface area (Å²) in [4.78, 5) is 12.0. The smallest absolute Gasteiger partial charge is 0.187 e. The molecule has 0 bridgehead atoms. The fourth-order valence-corrected chi connectivity index (χ4v) is 2.63. The van der Waals surface area contributed by atoms with Crippen LogP contribution in [-0.2, 0) is 4.74 Å². The Morgan fingerprint density at radius 2 is 2.10 bits per heavy atom. The Kier molecular flexibility index (Phi) is 3.56. The van der Waals surface area contributed by atoms with Gasteiger partial charge in [0.2, 0.25) is 0 Å². The van der Waals surface area contributed by atoms with Gasteiger partial charge in [0.25, 0.3) is 0 Å². The van der Waals surface area contributed by atoms with Crippen molar-refractivity contribution in [3.63, 3.8) is 0 Å². The summed E-state index contributed by atoms with van der Waals surface area (Å²) in [5.74, 6) is 0. The number of hydrogen-bond acceptors (Lipinski definition) is 8. The normalized spacial score (nSPS) is 30.2. The third kappa shape index (κ3) is 2.07. The van der Waals surface area contributed by atoms with Gasteiger partial charge in [-0.15, -0.1) is 12.6 Å². The number of rotatable bonds is 2. The van der Waals surface area contributed by atoms with Crippen molar-refractivity contribution in [3.05, 3.63) is 11.5 Å². The van der Waals surface area contributed by atoms with Gasteiger partial charge in [0.05, 0.1) is 12.9 Å². The molecule has 3 N–H and O–H groups in total. The molecule has 0 aromatic carbocycles. The Bertz CT molecular complexity index is 653. The second-order valence-corrected chi connectivity index (χ2v) is 5.13. The number of fused-ring (bicyclic) bond motifs is 1. The van der Waals surface area contributed by atoms with Crippen LogP contribution < -0.4 is 0 Å². The first-order valence-electron chi connectivity index (χ1n) is 5.74. The van der Waals surface area contributed by atoms with Gasteiger partial charge in [-0.2, -0.15) is 0 Å². The van der Waals surface area contributed by atoms with Crippen molar-refractivity contribution < 1.29 is 20.1 Å². The molecule has 1 aliphatic rings. The van der Waals surface area contributed by atoms with E-state index in [1.165, 1.54) is 10.9 Å². The molecule has 2 aromatic heterocycles. The van der Waals surface area contributed by atoms with Crippen molar-refractivity contribution in [1.29, 1.82) is 0 Å². The highest BCUT2D eigenvalue weighted by Gasteiger charge is 2.44. The lowest BCUT2D eigenvalue weighted by atomic mass is 10.1. The minimum absolute atomic E-state index is 0.130. The molecule has 3 heterocycles. The van der Waals surface area contributed by atoms with Gasteiger partial charge in [-0.05, 0) is 0 Å². The summed E-state index contributed by atoms with van der Waals surface area (Å²) in [5.41, 5.74) is 0.659. The van der Waals surface area contributed by atoms with Crippen LogP contribution in [0.5, 0.6) is 0 Å². The van der Waals surface area contributed by atoms with Gasteiger partial charge in [-0.1, -0.05) is 11.6 Å². The maximum absolute atomic E-state index is 10.00. The highest BCUT2D eigenvalue weighted by atomic mass is 35.5. The first-order chi connectivity index (χ1) is 9.52. The van der Waals surface area contributed by atoms with Crippen LogP contribution in [0.15, 0.2) is 11.5 Å². The van der Waals surface area contributed by atoms with Crippen molar-refractivity contribution in [2.45, 2.75) is 29.7 Å². The molecule has 1 saturated heterocycles. The van der Waals surface area contributed by atoms with E-state index in [0.717, 1.165) is 0 Å². The predicted octanol–water partition coefficient (Wildman–Crippen LogP) is -0.620. The lowest BCUT2D eigenvalue weighted by Gasteiger charge is -2.16. The molecule has 0 spiro atoms. The lowest BCUT2D eigenvalue weighted by Crippen LogP contribution is -2.33. The third-order valence-corrected chi connectivity index (χ3v) is 3.62. The molecule has 3 rings (SSSR count). The molecule has 0 radical (unpaired) electrons. The van der Waals surface area contributed by atoms with E-state index < -0.39 is 31.1 Å². The Morgan fingerprint density at radius 3 is 2.75 bits per heavy atom. The molecule has 4 atom stereocenters. The Balaban J connectivity index is 2.07. The van der Waals surface area contributed by atoms with Gasteiger partial charge >= 0.3 is 0 Å². The Hall–Kier alpha value is -0.970. The third-order valence-electron chi connectivity index (χ3n) is 3.16. The first kappa shape index (κ1) is 14.0. The maximum atomic E-state index is 10.00. The zero-order chi connectivity index (χ0) is 14.4. The predicted molar refractivity (Wildman–Crippen MR) is 70.6 cm³/mol. The van der Waals surface area contributed by atoms with Gasteiger partial charge in [0.1, 0.15) is 23.8 Å². The highest BCUT2D eigenvalue weighted by molar-refractivity contribution is 7.80. The van der Waals surface area contributed by atoms with Crippen LogP contribution in [0.1, 0.15) is 6.23 Å². The van der Waals surface area contributed by atoms with Gasteiger partial charge in [0, 0.05) is 0 Å². The van der Waals surface area contributed by atoms with Gasteiger partial charge < -0.3 is 20.1 Å². The number of thiol groups is 1. The fraction of sp³-hybridized carbons (Fsp3) is 0.500. The van der Waals surface area contributed by atoms with E-state index >= 15 is 0 Å². The van der Waals surface area contributed by atoms with Crippen LogP contribution in [0.3, 0.4) is 0 Å². The molecule has 108 valence electrons. The molecule has 0 aliphatic carbocycles. The van der Waals surface area contributed by atoms with Crippen LogP contribution in [0, 0.1) is 0 Å². The molecule has 10 heteroatoms. The SMILES string of the molecule is OC[C@H]1OC(n2cnc3c(Cl)nc(S)nc32)[C@H](O)[C@@H]1O. The maximum Gasteiger partial charge on any atom is 0.187 e. The van der Waals surface area contributed by atoms with E-state index in [9.17, 15) is 10.2 Å². The van der Waals surface area contributed by atoms with E-state index in [-0.39, 0.29) is 10.3 Å². The van der Waals surface area contributed by atoms with Crippen molar-refractivity contribution in [1.82, 2.24) is 19.5 Å². The summed E-state index contributed by atoms with van der Waals surface area (Å²) >= 11 is 9.97. The van der Waals surface area contributed by atoms with E-state index in [1.54, 1.807) is 0 Å². The molecule has 1 fully saturated rings. The largest absolute Gasteiger partial charge is 0.394 e. The highest BCUT2D eigenvalue weighted by Crippen LogP contribution is 2.32. The first-order valence-corrected chi connectivity index (χ1v) is 6.57. The van der Waals surface area contributed by atoms with E-state index in [1.807, 2.05) is 0 Å². The zero-order valence-corrected chi connectivity index (χ0v) is 11.6. The topological polar surface area (TPSA) is 114 Å². The number of aromatic nitrogens is 4. The standard InChI is InChI=1S/C10H11ClN4O4S/c11-7-4-8(14-10(20)13-7)15(2-12-4)9-6(18)5(17)3(1-16)19-9/h2-3,5-6,9,16-18H,1H2,(H,13,14,20)/t3-,5-,6-,9?/m1/s1. The summed E-state index contributed by atoms with van der Waals surface area (Å²) < 4.78 is 6.83. The Labute approximate surface area is 123 Å². The van der Waals surface area contributed by atoms with Crippen molar-refractivity contribution in [3.8, 4) is 0 Å². The van der Waals surface area contributed by atoms with Crippen LogP contribution in [0.25, 0.3) is 11.2 Å². The van der Waals surface area contributed by atoms with Crippen molar-refractivity contribution >= 4 is 35.4 Å². The van der Waals surface area contributed by atoms with Gasteiger partial charge in [-0.3, -0.25) is 4.57 Å². The van der Waals surface area contributed by atoms with E-state index in [4.69, 9.17) is 21.4 Å². The fourth-order valence-electron chi connectivity index (χ4n) is 2.17. The molecule has 0 saturated carbocycles. The van der Waals surface area contributed by atoms with Gasteiger partial charge in [0.15, 0.2) is 22.2 Å². The minimum Gasteiger partial charge on any atom is -0.394 e. The summed E-state index contributed by atoms with van der Waals surface area (Å²) in [6.45, 7) is -0.408. The minimum atomic E-state index is -1.22. The average Bonchev–Trinajstić information content (AvgIpc) is 2.93. The summed E-state index contributed by atoms with van der Waals surface area (Å²) in [7, 11) is 0. The summed E-state index contributed by atoms with van der Waals surface area (Å²) in [5, 5.41) is 29.1. The second kappa shape index (κ2) is 5.10. The Morgan fingerprint density at radius 1 is 1.35 bits per heavy atom. The molecule has 1 aliphatic heterocycles. The van der Waals surface area contributed by atoms with Crippen LogP contribution >= 0.6 is 24.2 Å². The number of hydrogen-bond donors (Lipinski definition) is 4. The van der Waals surface area contributed by atoms with Crippen molar-refractivity contribution in [2.75, 3.05) is 6.61 Å². The zero-order valence-electron chi connectivity index (χ0n) is 9.96. The molecular weight excluding hydrogens is 308 g/mol. The molecule has 2 aromatic rings. The monoisotopic (exact) mass is 318 g/mol. The molecule has 1 unspecified atom stereocenters. The second-order valence-electron chi connectivity index (χ2n) is 4.37. The summed E-state index contributed by atoms with van der Waals surface area (Å²) in [6, 6.07) is 0. The van der Waals surface area contributed by atoms with Crippen LogP contribution in [-0.4, -0.2) is 59.8 Å². The van der Waals surface area contributed by atoms with Gasteiger partial charge in [-0.25, -0.2) is 15.0 Å². The van der Waals surface area contributed by atoms with E-state index in [0.29, 0.717) is 11.2 Å². The van der Waals surface area contributed by atoms with Crippen molar-refractivity contribution in [2.24, 2.45) is 0 Å².